The molecule has 0 bridgehead atoms. The number of hydrogen-bond donors (Lipinski definition) is 0. The predicted molar refractivity (Wildman–Crippen MR) is 82.3 cm³/mol. The number of carbonyl (C=O) groups is 1. The number of aromatic nitrogens is 1. The second kappa shape index (κ2) is 7.76. The highest BCUT2D eigenvalue weighted by Crippen LogP contribution is 2.08. The van der Waals surface area contributed by atoms with E-state index in [1.165, 1.54) is 6.20 Å². The van der Waals surface area contributed by atoms with Gasteiger partial charge in [-0.05, 0) is 17.7 Å². The number of benzene rings is 1. The third kappa shape index (κ3) is 4.85. The first-order valence-corrected chi connectivity index (χ1v) is 7.03. The fourth-order valence-corrected chi connectivity index (χ4v) is 1.88. The van der Waals surface area contributed by atoms with E-state index in [4.69, 9.17) is 16.3 Å². The summed E-state index contributed by atoms with van der Waals surface area (Å²) in [4.78, 5) is 17.7. The zero-order chi connectivity index (χ0) is 15.1. The van der Waals surface area contributed by atoms with E-state index in [-0.39, 0.29) is 5.91 Å². The second-order valence-corrected chi connectivity index (χ2v) is 5.06. The zero-order valence-corrected chi connectivity index (χ0v) is 12.6. The quantitative estimate of drug-likeness (QED) is 0.770. The maximum absolute atomic E-state index is 12.1. The van der Waals surface area contributed by atoms with Crippen molar-refractivity contribution in [1.29, 1.82) is 0 Å². The van der Waals surface area contributed by atoms with Gasteiger partial charge in [0, 0.05) is 19.8 Å². The predicted octanol–water partition coefficient (Wildman–Crippen LogP) is 3.02. The van der Waals surface area contributed by atoms with Gasteiger partial charge in [0.25, 0.3) is 5.91 Å². The van der Waals surface area contributed by atoms with E-state index in [9.17, 15) is 4.79 Å². The van der Waals surface area contributed by atoms with Crippen LogP contribution in [0.15, 0.2) is 48.7 Å². The lowest BCUT2D eigenvalue weighted by Crippen LogP contribution is -2.30. The molecule has 5 heteroatoms. The molecule has 0 spiro atoms. The monoisotopic (exact) mass is 304 g/mol. The molecule has 0 fully saturated rings. The summed E-state index contributed by atoms with van der Waals surface area (Å²) in [6.45, 7) is 1.53. The van der Waals surface area contributed by atoms with E-state index >= 15 is 0 Å². The minimum Gasteiger partial charge on any atom is -0.375 e. The first kappa shape index (κ1) is 15.5. The lowest BCUT2D eigenvalue weighted by Gasteiger charge is -2.16. The van der Waals surface area contributed by atoms with Crippen LogP contribution in [0.5, 0.6) is 0 Å². The Labute approximate surface area is 129 Å². The molecule has 0 saturated carbocycles. The number of halogens is 1. The normalized spacial score (nSPS) is 10.4. The van der Waals surface area contributed by atoms with Crippen molar-refractivity contribution in [3.8, 4) is 0 Å². The highest BCUT2D eigenvalue weighted by Gasteiger charge is 2.12. The minimum atomic E-state index is -0.144. The van der Waals surface area contributed by atoms with E-state index in [2.05, 4.69) is 4.98 Å². The highest BCUT2D eigenvalue weighted by atomic mass is 35.5. The van der Waals surface area contributed by atoms with Gasteiger partial charge in [-0.1, -0.05) is 41.9 Å². The Kier molecular flexibility index (Phi) is 5.72. The van der Waals surface area contributed by atoms with Crippen LogP contribution in [0, 0.1) is 0 Å². The second-order valence-electron chi connectivity index (χ2n) is 4.63. The van der Waals surface area contributed by atoms with Crippen LogP contribution in [0.4, 0.5) is 0 Å². The molecule has 1 heterocycles. The van der Waals surface area contributed by atoms with Crippen molar-refractivity contribution in [2.45, 2.75) is 6.61 Å². The van der Waals surface area contributed by atoms with Gasteiger partial charge in [0.05, 0.1) is 18.2 Å². The Bertz CT molecular complexity index is 573. The first-order valence-electron chi connectivity index (χ1n) is 6.65. The van der Waals surface area contributed by atoms with Crippen LogP contribution in [0.1, 0.15) is 16.1 Å². The van der Waals surface area contributed by atoms with Crippen LogP contribution in [0.2, 0.25) is 5.02 Å². The van der Waals surface area contributed by atoms with E-state index in [0.29, 0.717) is 30.5 Å². The first-order chi connectivity index (χ1) is 10.2. The molecule has 1 aromatic carbocycles. The fourth-order valence-electron chi connectivity index (χ4n) is 1.77. The summed E-state index contributed by atoms with van der Waals surface area (Å²) in [5, 5.41) is 0.514. The van der Waals surface area contributed by atoms with Gasteiger partial charge in [0.2, 0.25) is 0 Å². The van der Waals surface area contributed by atoms with Crippen molar-refractivity contribution in [2.24, 2.45) is 0 Å². The van der Waals surface area contributed by atoms with Crippen molar-refractivity contribution < 1.29 is 9.53 Å². The number of ether oxygens (including phenoxy) is 1. The van der Waals surface area contributed by atoms with E-state index < -0.39 is 0 Å². The Morgan fingerprint density at radius 3 is 2.67 bits per heavy atom. The average molecular weight is 305 g/mol. The minimum absolute atomic E-state index is 0.144. The molecule has 0 unspecified atom stereocenters. The summed E-state index contributed by atoms with van der Waals surface area (Å²) in [6.07, 6.45) is 1.47. The Hall–Kier alpha value is -1.91. The molecule has 0 N–H and O–H groups in total. The number of amides is 1. The molecular formula is C16H17ClN2O2. The van der Waals surface area contributed by atoms with Gasteiger partial charge in [0.1, 0.15) is 5.69 Å². The van der Waals surface area contributed by atoms with Crippen LogP contribution >= 0.6 is 11.6 Å². The van der Waals surface area contributed by atoms with E-state index in [1.807, 2.05) is 30.3 Å². The van der Waals surface area contributed by atoms with Gasteiger partial charge in [-0.3, -0.25) is 4.79 Å². The number of pyridine rings is 1. The van der Waals surface area contributed by atoms with Gasteiger partial charge in [-0.25, -0.2) is 4.98 Å². The lowest BCUT2D eigenvalue weighted by molar-refractivity contribution is 0.0666. The van der Waals surface area contributed by atoms with Crippen molar-refractivity contribution >= 4 is 17.5 Å². The Morgan fingerprint density at radius 2 is 2.00 bits per heavy atom. The number of carbonyl (C=O) groups excluding carboxylic acids is 1. The third-order valence-corrected chi connectivity index (χ3v) is 3.20. The standard InChI is InChI=1S/C16H17ClN2O2/c1-19(16(20)15-8-7-14(17)11-18-15)9-10-21-12-13-5-3-2-4-6-13/h2-8,11H,9-10,12H2,1H3. The van der Waals surface area contributed by atoms with Crippen molar-refractivity contribution in [1.82, 2.24) is 9.88 Å². The number of nitrogens with zero attached hydrogens (tertiary/aromatic N) is 2. The molecule has 0 aliphatic carbocycles. The van der Waals surface area contributed by atoms with E-state index in [0.717, 1.165) is 5.56 Å². The molecule has 1 aromatic heterocycles. The fraction of sp³-hybridized carbons (Fsp3) is 0.250. The number of hydrogen-bond acceptors (Lipinski definition) is 3. The summed E-state index contributed by atoms with van der Waals surface area (Å²) in [5.74, 6) is -0.144. The maximum atomic E-state index is 12.1. The zero-order valence-electron chi connectivity index (χ0n) is 11.8. The molecule has 2 aromatic rings. The third-order valence-electron chi connectivity index (χ3n) is 2.98. The molecule has 1 amide bonds. The van der Waals surface area contributed by atoms with Crippen LogP contribution in [0.3, 0.4) is 0 Å². The van der Waals surface area contributed by atoms with Crippen LogP contribution in [-0.4, -0.2) is 36.0 Å². The Morgan fingerprint density at radius 1 is 1.24 bits per heavy atom. The summed E-state index contributed by atoms with van der Waals surface area (Å²) < 4.78 is 5.56. The maximum Gasteiger partial charge on any atom is 0.272 e. The molecule has 110 valence electrons. The van der Waals surface area contributed by atoms with Gasteiger partial charge in [-0.15, -0.1) is 0 Å². The van der Waals surface area contributed by atoms with Gasteiger partial charge in [0.15, 0.2) is 0 Å². The molecule has 21 heavy (non-hydrogen) atoms. The van der Waals surface area contributed by atoms with E-state index in [1.54, 1.807) is 24.1 Å². The van der Waals surface area contributed by atoms with Crippen LogP contribution in [-0.2, 0) is 11.3 Å². The summed E-state index contributed by atoms with van der Waals surface area (Å²) in [7, 11) is 1.73. The van der Waals surface area contributed by atoms with Crippen molar-refractivity contribution in [3.05, 3.63) is 64.9 Å². The smallest absolute Gasteiger partial charge is 0.272 e. The number of rotatable bonds is 6. The van der Waals surface area contributed by atoms with Crippen LogP contribution in [0.25, 0.3) is 0 Å². The molecular weight excluding hydrogens is 288 g/mol. The largest absolute Gasteiger partial charge is 0.375 e. The van der Waals surface area contributed by atoms with Gasteiger partial charge < -0.3 is 9.64 Å². The lowest BCUT2D eigenvalue weighted by atomic mass is 10.2. The number of likely N-dealkylation sites (N-methyl/N-ethyl adjacent to an activating group) is 1. The summed E-state index contributed by atoms with van der Waals surface area (Å²) in [6, 6.07) is 13.2. The van der Waals surface area contributed by atoms with Gasteiger partial charge in [-0.2, -0.15) is 0 Å². The van der Waals surface area contributed by atoms with Gasteiger partial charge >= 0.3 is 0 Å². The van der Waals surface area contributed by atoms with Crippen LogP contribution < -0.4 is 0 Å². The highest BCUT2D eigenvalue weighted by molar-refractivity contribution is 6.30. The molecule has 2 rings (SSSR count). The molecule has 0 radical (unpaired) electrons. The Balaban J connectivity index is 1.75. The van der Waals surface area contributed by atoms with Crippen molar-refractivity contribution in [2.75, 3.05) is 20.2 Å². The summed E-state index contributed by atoms with van der Waals surface area (Å²) >= 11 is 5.75. The van der Waals surface area contributed by atoms with Crippen molar-refractivity contribution in [3.63, 3.8) is 0 Å². The molecule has 4 nitrogen and oxygen atoms in total. The molecule has 0 aliphatic rings. The molecule has 0 aliphatic heterocycles. The SMILES string of the molecule is CN(CCOCc1ccccc1)C(=O)c1ccc(Cl)cn1. The molecule has 0 saturated heterocycles. The summed E-state index contributed by atoms with van der Waals surface area (Å²) in [5.41, 5.74) is 1.50. The topological polar surface area (TPSA) is 42.4 Å². The average Bonchev–Trinajstić information content (AvgIpc) is 2.52. The molecule has 0 atom stereocenters.